The van der Waals surface area contributed by atoms with Gasteiger partial charge in [0.1, 0.15) is 5.60 Å². The summed E-state index contributed by atoms with van der Waals surface area (Å²) in [6, 6.07) is -0.607. The summed E-state index contributed by atoms with van der Waals surface area (Å²) < 4.78 is 10.3. The Balaban J connectivity index is 1.86. The molecule has 0 saturated carbocycles. The smallest absolute Gasteiger partial charge is 0.410 e. The highest BCUT2D eigenvalue weighted by Gasteiger charge is 2.38. The van der Waals surface area contributed by atoms with E-state index in [1.807, 2.05) is 20.8 Å². The van der Waals surface area contributed by atoms with Crippen LogP contribution >= 0.6 is 0 Å². The molecule has 2 saturated heterocycles. The minimum atomic E-state index is -0.607. The molecule has 0 radical (unpaired) electrons. The number of piperidine rings is 2. The van der Waals surface area contributed by atoms with Gasteiger partial charge in [0.15, 0.2) is 6.04 Å². The number of esters is 1. The van der Waals surface area contributed by atoms with Crippen LogP contribution in [0, 0.1) is 11.1 Å². The van der Waals surface area contributed by atoms with Crippen LogP contribution in [0.15, 0.2) is 0 Å². The van der Waals surface area contributed by atoms with E-state index < -0.39 is 16.3 Å². The van der Waals surface area contributed by atoms with Gasteiger partial charge in [0, 0.05) is 19.5 Å². The largest absolute Gasteiger partial charge is 0.632 e. The molecule has 0 aromatic rings. The van der Waals surface area contributed by atoms with Gasteiger partial charge in [-0.1, -0.05) is 0 Å². The van der Waals surface area contributed by atoms with Crippen LogP contribution in [-0.4, -0.2) is 66.0 Å². The van der Waals surface area contributed by atoms with Crippen LogP contribution in [0.3, 0.4) is 0 Å². The van der Waals surface area contributed by atoms with Crippen LogP contribution in [0.25, 0.3) is 0 Å². The van der Waals surface area contributed by atoms with E-state index in [-0.39, 0.29) is 12.1 Å². The Bertz CT molecular complexity index is 517. The lowest BCUT2D eigenvalue weighted by molar-refractivity contribution is -0.902. The fraction of sp³-hybridized carbons (Fsp3) is 0.905. The van der Waals surface area contributed by atoms with Crippen molar-refractivity contribution in [2.45, 2.75) is 84.3 Å². The molecule has 0 aromatic carbocycles. The predicted octanol–water partition coefficient (Wildman–Crippen LogP) is 3.84. The average Bonchev–Trinajstić information content (AvgIpc) is 2.61. The molecule has 2 aliphatic heterocycles. The maximum atomic E-state index is 13.3. The van der Waals surface area contributed by atoms with Gasteiger partial charge in [-0.25, -0.2) is 9.59 Å². The zero-order valence-corrected chi connectivity index (χ0v) is 18.1. The monoisotopic (exact) mass is 398 g/mol. The molecule has 1 unspecified atom stereocenters. The summed E-state index contributed by atoms with van der Waals surface area (Å²) in [5.41, 5.74) is -0.485. The van der Waals surface area contributed by atoms with Crippen LogP contribution < -0.4 is 0 Å². The molecule has 7 nitrogen and oxygen atoms in total. The third kappa shape index (κ3) is 6.62. The molecule has 2 fully saturated rings. The summed E-state index contributed by atoms with van der Waals surface area (Å²) >= 11 is 0. The van der Waals surface area contributed by atoms with Crippen molar-refractivity contribution in [2.75, 3.05) is 32.8 Å². The number of carbonyl (C=O) groups is 2. The first-order valence-electron chi connectivity index (χ1n) is 10.9. The fourth-order valence-electron chi connectivity index (χ4n) is 4.27. The van der Waals surface area contributed by atoms with Crippen molar-refractivity contribution >= 4 is 12.1 Å². The van der Waals surface area contributed by atoms with Crippen LogP contribution in [0.5, 0.6) is 0 Å². The number of hydrogen-bond acceptors (Lipinski definition) is 5. The van der Waals surface area contributed by atoms with Crippen molar-refractivity contribution in [3.63, 3.8) is 0 Å². The van der Waals surface area contributed by atoms with Crippen LogP contribution in [-0.2, 0) is 14.3 Å². The zero-order chi connectivity index (χ0) is 20.8. The third-order valence-corrected chi connectivity index (χ3v) is 5.81. The first-order chi connectivity index (χ1) is 13.1. The van der Waals surface area contributed by atoms with Crippen molar-refractivity contribution in [1.29, 1.82) is 0 Å². The number of carbonyl (C=O) groups excluding carboxylic acids is 2. The van der Waals surface area contributed by atoms with Crippen LogP contribution in [0.2, 0.25) is 0 Å². The van der Waals surface area contributed by atoms with Gasteiger partial charge in [-0.05, 0) is 72.1 Å². The molecule has 1 amide bonds. The molecule has 28 heavy (non-hydrogen) atoms. The summed E-state index contributed by atoms with van der Waals surface area (Å²) in [5, 5.41) is 13.3. The van der Waals surface area contributed by atoms with E-state index in [0.29, 0.717) is 45.1 Å². The van der Waals surface area contributed by atoms with Gasteiger partial charge >= 0.3 is 12.1 Å². The maximum Gasteiger partial charge on any atom is 0.410 e. The molecule has 0 N–H and O–H groups in total. The van der Waals surface area contributed by atoms with Crippen molar-refractivity contribution in [3.8, 4) is 0 Å². The Morgan fingerprint density at radius 3 is 2.29 bits per heavy atom. The molecule has 0 bridgehead atoms. The molecule has 0 aromatic heterocycles. The molecular formula is C21H38N2O5. The van der Waals surface area contributed by atoms with E-state index in [1.54, 1.807) is 11.8 Å². The van der Waals surface area contributed by atoms with E-state index in [0.717, 1.165) is 38.5 Å². The molecule has 2 rings (SSSR count). The normalized spacial score (nSPS) is 21.8. The number of likely N-dealkylation sites (tertiary alicyclic amines) is 2. The van der Waals surface area contributed by atoms with Gasteiger partial charge < -0.3 is 24.2 Å². The first kappa shape index (κ1) is 22.9. The number of quaternary nitrogens is 1. The van der Waals surface area contributed by atoms with Crippen molar-refractivity contribution < 1.29 is 23.7 Å². The van der Waals surface area contributed by atoms with Gasteiger partial charge in [0.2, 0.25) is 0 Å². The maximum absolute atomic E-state index is 13.3. The predicted molar refractivity (Wildman–Crippen MR) is 107 cm³/mol. The number of hydrogen-bond donors (Lipinski definition) is 0. The quantitative estimate of drug-likeness (QED) is 0.386. The molecule has 1 atom stereocenters. The van der Waals surface area contributed by atoms with Gasteiger partial charge in [0.25, 0.3) is 0 Å². The third-order valence-electron chi connectivity index (χ3n) is 5.81. The Kier molecular flexibility index (Phi) is 8.13. The Morgan fingerprint density at radius 1 is 1.14 bits per heavy atom. The van der Waals surface area contributed by atoms with E-state index in [9.17, 15) is 14.8 Å². The molecule has 7 heteroatoms. The number of amides is 1. The van der Waals surface area contributed by atoms with Gasteiger partial charge in [-0.2, -0.15) is 0 Å². The van der Waals surface area contributed by atoms with Gasteiger partial charge in [0.05, 0.1) is 19.7 Å². The molecule has 162 valence electrons. The van der Waals surface area contributed by atoms with E-state index >= 15 is 0 Å². The summed E-state index contributed by atoms with van der Waals surface area (Å²) in [5.74, 6) is 0.0811. The van der Waals surface area contributed by atoms with Crippen LogP contribution in [0.1, 0.15) is 72.6 Å². The Morgan fingerprint density at radius 2 is 1.75 bits per heavy atom. The van der Waals surface area contributed by atoms with Gasteiger partial charge in [-0.3, -0.25) is 0 Å². The Labute approximate surface area is 169 Å². The summed E-state index contributed by atoms with van der Waals surface area (Å²) in [6.45, 7) is 10.1. The second-order valence-corrected chi connectivity index (χ2v) is 9.22. The lowest BCUT2D eigenvalue weighted by atomic mass is 9.90. The van der Waals surface area contributed by atoms with E-state index in [1.165, 1.54) is 0 Å². The minimum Gasteiger partial charge on any atom is -0.632 e. The SMILES string of the molecule is CCOC(=O)C(CCC1CCN(C(=O)OC(C)(C)C)CC1)[N+]1([O-])CCCCC1. The van der Waals surface area contributed by atoms with E-state index in [2.05, 4.69) is 0 Å². The number of rotatable bonds is 6. The number of hydroxylamine groups is 3. The molecule has 2 aliphatic rings. The standard InChI is InChI=1S/C21H38N2O5/c1-5-27-19(24)18(23(26)15-7-6-8-16-23)10-9-17-11-13-22(14-12-17)20(25)28-21(2,3)4/h17-18H,5-16H2,1-4H3. The molecule has 0 aliphatic carbocycles. The lowest BCUT2D eigenvalue weighted by Crippen LogP contribution is -2.57. The highest BCUT2D eigenvalue weighted by atomic mass is 16.6. The molecule has 2 heterocycles. The second-order valence-electron chi connectivity index (χ2n) is 9.22. The minimum absolute atomic E-state index is 0.257. The highest BCUT2D eigenvalue weighted by Crippen LogP contribution is 2.29. The summed E-state index contributed by atoms with van der Waals surface area (Å²) in [6.07, 6.45) is 5.74. The average molecular weight is 399 g/mol. The lowest BCUT2D eigenvalue weighted by Gasteiger charge is -2.50. The van der Waals surface area contributed by atoms with Crippen molar-refractivity contribution in [1.82, 2.24) is 4.90 Å². The van der Waals surface area contributed by atoms with Crippen LogP contribution in [0.4, 0.5) is 4.79 Å². The van der Waals surface area contributed by atoms with E-state index in [4.69, 9.17) is 9.47 Å². The number of ether oxygens (including phenoxy) is 2. The highest BCUT2D eigenvalue weighted by molar-refractivity contribution is 5.74. The molecular weight excluding hydrogens is 360 g/mol. The molecule has 0 spiro atoms. The summed E-state index contributed by atoms with van der Waals surface area (Å²) in [7, 11) is 0. The Hall–Kier alpha value is -1.34. The number of nitrogens with zero attached hydrogens (tertiary/aromatic N) is 2. The summed E-state index contributed by atoms with van der Waals surface area (Å²) in [4.78, 5) is 26.4. The zero-order valence-electron chi connectivity index (χ0n) is 18.1. The first-order valence-corrected chi connectivity index (χ1v) is 10.9. The van der Waals surface area contributed by atoms with Gasteiger partial charge in [-0.15, -0.1) is 0 Å². The van der Waals surface area contributed by atoms with Crippen molar-refractivity contribution in [2.24, 2.45) is 5.92 Å². The topological polar surface area (TPSA) is 78.9 Å². The van der Waals surface area contributed by atoms with Crippen molar-refractivity contribution in [3.05, 3.63) is 5.21 Å². The second kappa shape index (κ2) is 9.92. The fourth-order valence-corrected chi connectivity index (χ4v) is 4.27.